The molecule has 0 amide bonds. The number of para-hydroxylation sites is 4. The zero-order chi connectivity index (χ0) is 60.8. The molecule has 0 fully saturated rings. The summed E-state index contributed by atoms with van der Waals surface area (Å²) in [4.78, 5) is 32.6. The third-order valence-corrected chi connectivity index (χ3v) is 16.9. The molecule has 9 nitrogen and oxygen atoms in total. The molecule has 0 aliphatic carbocycles. The summed E-state index contributed by atoms with van der Waals surface area (Å²) in [6, 6.07) is 43.5. The van der Waals surface area contributed by atoms with E-state index < -0.39 is 0 Å². The Balaban J connectivity index is 0.000000141. The minimum Gasteiger partial charge on any atom is -0.440 e. The van der Waals surface area contributed by atoms with Crippen LogP contribution in [0.25, 0.3) is 32.4 Å². The standard InChI is InChI=1S/2C12H15N.C11H13NO.C11H13N.C10H11NO.C10H11NS.C7H11NS/c1-8(2)11-7-10-5-4-9(3)6-12(10)13-11;1-8(2)12-7-10-9(3)5-4-6-11(10)13-12;1-7(2)11-12-9-5-4-8(3)6-10(9)13-11;1-8(2)11-7-9-5-3-4-6-10(9)12-11;2*1-7(2)10-11-8-5-3-4-6-9(8)12-10;1-5(2)7-8-4-6(3)9-7/h2*4-6,8H,7H2,1-3H3;4-7H,1-3H3;3-6,8H,7H2,1-2H3;2*3-7H,1-2H3;4-5H,1-3H3. The fraction of sp³-hybridized carbons (Fsp3) is 0.384. The molecule has 84 heavy (non-hydrogen) atoms. The number of thiazole rings is 2. The maximum Gasteiger partial charge on any atom is 0.198 e. The van der Waals surface area contributed by atoms with Crippen LogP contribution in [-0.2, 0) is 19.3 Å². The Morgan fingerprint density at radius 2 is 0.905 bits per heavy atom. The van der Waals surface area contributed by atoms with E-state index >= 15 is 0 Å². The van der Waals surface area contributed by atoms with Crippen LogP contribution in [0.5, 0.6) is 0 Å². The van der Waals surface area contributed by atoms with Crippen molar-refractivity contribution < 1.29 is 8.83 Å². The average Bonchev–Trinajstić information content (AvgIpc) is 4.48. The first-order valence-corrected chi connectivity index (χ1v) is 31.6. The number of oxazole rings is 2. The van der Waals surface area contributed by atoms with Gasteiger partial charge < -0.3 is 8.83 Å². The fourth-order valence-electron chi connectivity index (χ4n) is 9.08. The molecule has 0 saturated carbocycles. The first-order chi connectivity index (χ1) is 40.0. The van der Waals surface area contributed by atoms with Gasteiger partial charge >= 0.3 is 0 Å². The highest BCUT2D eigenvalue weighted by Crippen LogP contribution is 2.33. The Hall–Kier alpha value is -7.21. The lowest BCUT2D eigenvalue weighted by Crippen LogP contribution is -2.06. The molecule has 3 aliphatic rings. The molecule has 0 atom stereocenters. The molecule has 11 heteroatoms. The molecule has 0 N–H and O–H groups in total. The molecule has 0 bridgehead atoms. The third kappa shape index (κ3) is 17.9. The van der Waals surface area contributed by atoms with Crippen LogP contribution in [-0.4, -0.2) is 37.1 Å². The van der Waals surface area contributed by atoms with E-state index in [1.54, 1.807) is 22.7 Å². The number of hydrogen-bond acceptors (Lipinski definition) is 11. The van der Waals surface area contributed by atoms with Gasteiger partial charge in [-0.2, -0.15) is 0 Å². The van der Waals surface area contributed by atoms with E-state index in [1.165, 1.54) is 87.2 Å². The molecule has 10 aromatic rings. The van der Waals surface area contributed by atoms with Crippen molar-refractivity contribution in [3.8, 4) is 0 Å². The normalized spacial score (nSPS) is 12.8. The van der Waals surface area contributed by atoms with E-state index in [9.17, 15) is 0 Å². The van der Waals surface area contributed by atoms with Crippen molar-refractivity contribution >= 4 is 89.3 Å². The second-order valence-electron chi connectivity index (χ2n) is 24.1. The number of aryl methyl sites for hydroxylation is 4. The van der Waals surface area contributed by atoms with Gasteiger partial charge in [-0.1, -0.05) is 170 Å². The number of nitrogens with zero attached hydrogens (tertiary/aromatic N) is 7. The van der Waals surface area contributed by atoms with E-state index in [-0.39, 0.29) is 0 Å². The van der Waals surface area contributed by atoms with Gasteiger partial charge in [0.05, 0.1) is 37.3 Å². The van der Waals surface area contributed by atoms with Gasteiger partial charge in [0.2, 0.25) is 0 Å². The number of fused-ring (bicyclic) bond motifs is 6. The summed E-state index contributed by atoms with van der Waals surface area (Å²) in [6.07, 6.45) is 5.08. The Morgan fingerprint density at radius 1 is 0.393 bits per heavy atom. The van der Waals surface area contributed by atoms with E-state index in [1.807, 2.05) is 54.7 Å². The van der Waals surface area contributed by atoms with Crippen LogP contribution in [0.2, 0.25) is 0 Å². The minimum absolute atomic E-state index is 0.354. The monoisotopic (exact) mass is 1160 g/mol. The lowest BCUT2D eigenvalue weighted by molar-refractivity contribution is 0.501. The van der Waals surface area contributed by atoms with Crippen molar-refractivity contribution in [2.75, 3.05) is 0 Å². The number of aromatic nitrogens is 4. The smallest absolute Gasteiger partial charge is 0.198 e. The molecule has 0 radical (unpaired) electrons. The van der Waals surface area contributed by atoms with Crippen molar-refractivity contribution in [2.45, 2.75) is 168 Å². The number of rotatable bonds is 7. The van der Waals surface area contributed by atoms with Crippen LogP contribution in [0.3, 0.4) is 0 Å². The van der Waals surface area contributed by atoms with Crippen LogP contribution >= 0.6 is 22.7 Å². The predicted octanol–water partition coefficient (Wildman–Crippen LogP) is 21.7. The third-order valence-electron chi connectivity index (χ3n) is 14.3. The Morgan fingerprint density at radius 3 is 1.46 bits per heavy atom. The van der Waals surface area contributed by atoms with Crippen molar-refractivity contribution in [1.29, 1.82) is 0 Å². The van der Waals surface area contributed by atoms with Gasteiger partial charge in [-0.05, 0) is 133 Å². The Bertz CT molecular complexity index is 3700. The van der Waals surface area contributed by atoms with Crippen molar-refractivity contribution in [3.63, 3.8) is 0 Å². The Kier molecular flexibility index (Phi) is 23.0. The summed E-state index contributed by atoms with van der Waals surface area (Å²) in [5.41, 5.74) is 20.4. The summed E-state index contributed by atoms with van der Waals surface area (Å²) in [7, 11) is 0. The molecule has 3 aliphatic heterocycles. The van der Waals surface area contributed by atoms with Crippen LogP contribution in [0, 0.1) is 45.4 Å². The van der Waals surface area contributed by atoms with Crippen molar-refractivity contribution in [2.24, 2.45) is 32.7 Å². The van der Waals surface area contributed by atoms with Gasteiger partial charge in [0, 0.05) is 71.1 Å². The molecule has 7 heterocycles. The van der Waals surface area contributed by atoms with Gasteiger partial charge in [0.1, 0.15) is 11.0 Å². The fourth-order valence-corrected chi connectivity index (χ4v) is 10.8. The second kappa shape index (κ2) is 30.0. The summed E-state index contributed by atoms with van der Waals surface area (Å²) in [6.45, 7) is 38.6. The average molecular weight is 1160 g/mol. The molecule has 440 valence electrons. The summed E-state index contributed by atoms with van der Waals surface area (Å²) in [5, 5.41) is 2.48. The SMILES string of the molecule is CC(C)C1=Nc2ccccc2C1.CC(C)c1nc2ccccc2o1.CC(C)c1nc2ccccc2s1.Cc1ccc2c(c1)N=C(C(C)C)C2.Cc1ccc2nc(C(C)C)oc2c1.Cc1cccc2c1CC(C(C)C)=N2.Cc1cnc(C(C)C)s1. The number of aliphatic imine (C=N–C) groups is 3. The van der Waals surface area contributed by atoms with Gasteiger partial charge in [-0.15, -0.1) is 22.7 Å². The van der Waals surface area contributed by atoms with Gasteiger partial charge in [0.15, 0.2) is 22.9 Å². The number of hydrogen-bond donors (Lipinski definition) is 0. The van der Waals surface area contributed by atoms with E-state index in [2.05, 4.69) is 238 Å². The van der Waals surface area contributed by atoms with Crippen LogP contribution in [0.15, 0.2) is 157 Å². The first kappa shape index (κ1) is 64.4. The number of benzene rings is 6. The van der Waals surface area contributed by atoms with Crippen LogP contribution in [0.1, 0.15) is 181 Å². The molecule has 0 unspecified atom stereocenters. The molecule has 6 aromatic carbocycles. The molecule has 0 spiro atoms. The summed E-state index contributed by atoms with van der Waals surface area (Å²) < 4.78 is 12.4. The van der Waals surface area contributed by atoms with Gasteiger partial charge in [-0.25, -0.2) is 19.9 Å². The highest BCUT2D eigenvalue weighted by Gasteiger charge is 2.19. The maximum atomic E-state index is 5.60. The highest BCUT2D eigenvalue weighted by molar-refractivity contribution is 7.18. The predicted molar refractivity (Wildman–Crippen MR) is 361 cm³/mol. The van der Waals surface area contributed by atoms with E-state index in [0.717, 1.165) is 58.8 Å². The van der Waals surface area contributed by atoms with E-state index in [0.29, 0.717) is 41.4 Å². The summed E-state index contributed by atoms with van der Waals surface area (Å²) in [5.74, 6) is 5.21. The van der Waals surface area contributed by atoms with Crippen LogP contribution in [0.4, 0.5) is 17.1 Å². The summed E-state index contributed by atoms with van der Waals surface area (Å²) >= 11 is 3.58. The second-order valence-corrected chi connectivity index (χ2v) is 26.5. The molecular weight excluding hydrogens is 1070 g/mol. The van der Waals surface area contributed by atoms with Gasteiger partial charge in [0.25, 0.3) is 0 Å². The molecule has 13 rings (SSSR count). The van der Waals surface area contributed by atoms with Crippen molar-refractivity contribution in [3.05, 3.63) is 194 Å². The first-order valence-electron chi connectivity index (χ1n) is 30.0. The molecule has 0 saturated heterocycles. The highest BCUT2D eigenvalue weighted by atomic mass is 32.1. The maximum absolute atomic E-state index is 5.60. The van der Waals surface area contributed by atoms with E-state index in [4.69, 9.17) is 8.83 Å². The largest absolute Gasteiger partial charge is 0.440 e. The van der Waals surface area contributed by atoms with Crippen molar-refractivity contribution in [1.82, 2.24) is 19.9 Å². The lowest BCUT2D eigenvalue weighted by atomic mass is 9.99. The quantitative estimate of drug-likeness (QED) is 0.157. The lowest BCUT2D eigenvalue weighted by Gasteiger charge is -2.03. The van der Waals surface area contributed by atoms with Crippen LogP contribution < -0.4 is 0 Å². The van der Waals surface area contributed by atoms with Gasteiger partial charge in [-0.3, -0.25) is 15.0 Å². The zero-order valence-corrected chi connectivity index (χ0v) is 54.8. The topological polar surface area (TPSA) is 115 Å². The molecular formula is C73H89N7O2S2. The molecule has 4 aromatic heterocycles. The zero-order valence-electron chi connectivity index (χ0n) is 53.1. The Labute approximate surface area is 509 Å². The minimum atomic E-state index is 0.354.